The van der Waals surface area contributed by atoms with Crippen LogP contribution < -0.4 is 4.74 Å². The Bertz CT molecular complexity index is 466. The second kappa shape index (κ2) is 9.82. The van der Waals surface area contributed by atoms with E-state index in [1.165, 1.54) is 0 Å². The lowest BCUT2D eigenvalue weighted by molar-refractivity contribution is -0.162. The average Bonchev–Trinajstić information content (AvgIpc) is 2.47. The summed E-state index contributed by atoms with van der Waals surface area (Å²) in [6.45, 7) is 6.33. The van der Waals surface area contributed by atoms with Crippen molar-refractivity contribution in [1.82, 2.24) is 0 Å². The predicted molar refractivity (Wildman–Crippen MR) is 82.7 cm³/mol. The van der Waals surface area contributed by atoms with Crippen LogP contribution in [0.25, 0.3) is 0 Å². The molecule has 0 amide bonds. The van der Waals surface area contributed by atoms with Crippen molar-refractivity contribution in [3.63, 3.8) is 0 Å². The minimum Gasteiger partial charge on any atom is -0.494 e. The summed E-state index contributed by atoms with van der Waals surface area (Å²) in [4.78, 5) is 23.6. The van der Waals surface area contributed by atoms with E-state index in [9.17, 15) is 9.59 Å². The molecule has 5 nitrogen and oxygen atoms in total. The van der Waals surface area contributed by atoms with E-state index in [2.05, 4.69) is 0 Å². The second-order valence-electron chi connectivity index (χ2n) is 4.86. The normalized spacial score (nSPS) is 10.4. The molecule has 0 bridgehead atoms. The topological polar surface area (TPSA) is 61.8 Å². The maximum atomic E-state index is 11.8. The number of aryl methyl sites for hydroxylation is 1. The standard InChI is InChI=1S/C17H24O5/c1-4-20-16(18)15(17(19)21-5-2)10-7-11-22-14-9-6-8-13(3)12-14/h6,8-9,12,15H,4-5,7,10-11H2,1-3H3. The molecule has 1 rings (SSSR count). The van der Waals surface area contributed by atoms with Crippen molar-refractivity contribution in [2.45, 2.75) is 33.6 Å². The second-order valence-corrected chi connectivity index (χ2v) is 4.86. The van der Waals surface area contributed by atoms with Crippen molar-refractivity contribution in [2.24, 2.45) is 5.92 Å². The van der Waals surface area contributed by atoms with Crippen LogP contribution in [0.4, 0.5) is 0 Å². The number of hydrogen-bond donors (Lipinski definition) is 0. The zero-order chi connectivity index (χ0) is 16.4. The highest BCUT2D eigenvalue weighted by molar-refractivity contribution is 5.94. The third-order valence-corrected chi connectivity index (χ3v) is 3.04. The molecule has 0 radical (unpaired) electrons. The number of hydrogen-bond acceptors (Lipinski definition) is 5. The maximum Gasteiger partial charge on any atom is 0.320 e. The largest absolute Gasteiger partial charge is 0.494 e. The highest BCUT2D eigenvalue weighted by atomic mass is 16.6. The molecule has 0 aliphatic rings. The summed E-state index contributed by atoms with van der Waals surface area (Å²) in [6, 6.07) is 7.73. The van der Waals surface area contributed by atoms with Crippen molar-refractivity contribution < 1.29 is 23.8 Å². The maximum absolute atomic E-state index is 11.8. The minimum absolute atomic E-state index is 0.245. The summed E-state index contributed by atoms with van der Waals surface area (Å²) in [6.07, 6.45) is 0.916. The Labute approximate surface area is 131 Å². The van der Waals surface area contributed by atoms with E-state index in [1.807, 2.05) is 31.2 Å². The van der Waals surface area contributed by atoms with Crippen LogP contribution in [0.3, 0.4) is 0 Å². The van der Waals surface area contributed by atoms with E-state index >= 15 is 0 Å². The highest BCUT2D eigenvalue weighted by Crippen LogP contribution is 2.15. The number of esters is 2. The molecule has 0 heterocycles. The van der Waals surface area contributed by atoms with E-state index in [-0.39, 0.29) is 13.2 Å². The van der Waals surface area contributed by atoms with Gasteiger partial charge in [0.2, 0.25) is 0 Å². The van der Waals surface area contributed by atoms with Gasteiger partial charge >= 0.3 is 11.9 Å². The van der Waals surface area contributed by atoms with Crippen LogP contribution in [-0.2, 0) is 19.1 Å². The molecule has 0 aromatic heterocycles. The van der Waals surface area contributed by atoms with Gasteiger partial charge in [-0.25, -0.2) is 0 Å². The van der Waals surface area contributed by atoms with E-state index in [0.717, 1.165) is 11.3 Å². The van der Waals surface area contributed by atoms with Gasteiger partial charge in [0.05, 0.1) is 19.8 Å². The van der Waals surface area contributed by atoms with Crippen molar-refractivity contribution in [1.29, 1.82) is 0 Å². The fourth-order valence-electron chi connectivity index (χ4n) is 2.00. The van der Waals surface area contributed by atoms with Gasteiger partial charge in [-0.05, 0) is 51.3 Å². The molecular formula is C17H24O5. The molecule has 0 atom stereocenters. The lowest BCUT2D eigenvalue weighted by Crippen LogP contribution is -2.28. The first-order valence-electron chi connectivity index (χ1n) is 7.61. The fraction of sp³-hybridized carbons (Fsp3) is 0.529. The van der Waals surface area contributed by atoms with Crippen LogP contribution in [0.2, 0.25) is 0 Å². The Balaban J connectivity index is 2.45. The van der Waals surface area contributed by atoms with Gasteiger partial charge in [0.25, 0.3) is 0 Å². The molecule has 0 spiro atoms. The van der Waals surface area contributed by atoms with Crippen LogP contribution in [0, 0.1) is 12.8 Å². The smallest absolute Gasteiger partial charge is 0.320 e. The summed E-state index contributed by atoms with van der Waals surface area (Å²) in [5.41, 5.74) is 1.12. The van der Waals surface area contributed by atoms with Crippen molar-refractivity contribution in [2.75, 3.05) is 19.8 Å². The lowest BCUT2D eigenvalue weighted by atomic mass is 10.0. The Morgan fingerprint density at radius 1 is 1.09 bits per heavy atom. The zero-order valence-corrected chi connectivity index (χ0v) is 13.5. The van der Waals surface area contributed by atoms with Gasteiger partial charge in [0.1, 0.15) is 5.75 Å². The molecule has 0 N–H and O–H groups in total. The SMILES string of the molecule is CCOC(=O)C(CCCOc1cccc(C)c1)C(=O)OCC. The summed E-state index contributed by atoms with van der Waals surface area (Å²) in [5.74, 6) is -1.15. The van der Waals surface area contributed by atoms with Gasteiger partial charge in [-0.3, -0.25) is 9.59 Å². The number of carbonyl (C=O) groups is 2. The molecule has 5 heteroatoms. The molecule has 0 unspecified atom stereocenters. The van der Waals surface area contributed by atoms with Gasteiger partial charge in [0, 0.05) is 0 Å². The Kier molecular flexibility index (Phi) is 8.04. The van der Waals surface area contributed by atoms with Crippen molar-refractivity contribution >= 4 is 11.9 Å². The van der Waals surface area contributed by atoms with Crippen LogP contribution in [0.1, 0.15) is 32.3 Å². The van der Waals surface area contributed by atoms with E-state index in [1.54, 1.807) is 13.8 Å². The summed E-state index contributed by atoms with van der Waals surface area (Å²) in [5, 5.41) is 0. The molecule has 0 fully saturated rings. The monoisotopic (exact) mass is 308 g/mol. The molecule has 0 saturated carbocycles. The molecule has 0 aliphatic heterocycles. The number of rotatable bonds is 9. The number of ether oxygens (including phenoxy) is 3. The summed E-state index contributed by atoms with van der Waals surface area (Å²) in [7, 11) is 0. The molecule has 0 saturated heterocycles. The van der Waals surface area contributed by atoms with Crippen LogP contribution in [0.5, 0.6) is 5.75 Å². The third-order valence-electron chi connectivity index (χ3n) is 3.04. The fourth-order valence-corrected chi connectivity index (χ4v) is 2.00. The zero-order valence-electron chi connectivity index (χ0n) is 13.5. The molecule has 1 aromatic rings. The first-order chi connectivity index (χ1) is 10.6. The van der Waals surface area contributed by atoms with Crippen LogP contribution in [-0.4, -0.2) is 31.8 Å². The number of carbonyl (C=O) groups excluding carboxylic acids is 2. The van der Waals surface area contributed by atoms with E-state index in [0.29, 0.717) is 19.4 Å². The first-order valence-corrected chi connectivity index (χ1v) is 7.61. The van der Waals surface area contributed by atoms with E-state index in [4.69, 9.17) is 14.2 Å². The van der Waals surface area contributed by atoms with Crippen LogP contribution >= 0.6 is 0 Å². The molecule has 122 valence electrons. The van der Waals surface area contributed by atoms with Gasteiger partial charge in [-0.1, -0.05) is 12.1 Å². The summed E-state index contributed by atoms with van der Waals surface area (Å²) >= 11 is 0. The third kappa shape index (κ3) is 6.16. The average molecular weight is 308 g/mol. The molecule has 0 aliphatic carbocycles. The predicted octanol–water partition coefficient (Wildman–Crippen LogP) is 2.90. The minimum atomic E-state index is -0.874. The molecule has 1 aromatic carbocycles. The van der Waals surface area contributed by atoms with E-state index < -0.39 is 17.9 Å². The Morgan fingerprint density at radius 2 is 1.73 bits per heavy atom. The lowest BCUT2D eigenvalue weighted by Gasteiger charge is -2.14. The van der Waals surface area contributed by atoms with Crippen molar-refractivity contribution in [3.8, 4) is 5.75 Å². The van der Waals surface area contributed by atoms with Gasteiger partial charge < -0.3 is 14.2 Å². The van der Waals surface area contributed by atoms with Crippen molar-refractivity contribution in [3.05, 3.63) is 29.8 Å². The van der Waals surface area contributed by atoms with Gasteiger partial charge in [-0.15, -0.1) is 0 Å². The van der Waals surface area contributed by atoms with Gasteiger partial charge in [0.15, 0.2) is 5.92 Å². The Morgan fingerprint density at radius 3 is 2.27 bits per heavy atom. The first kappa shape index (κ1) is 18.0. The molecule has 22 heavy (non-hydrogen) atoms. The number of benzene rings is 1. The molecular weight excluding hydrogens is 284 g/mol. The summed E-state index contributed by atoms with van der Waals surface area (Å²) < 4.78 is 15.5. The quantitative estimate of drug-likeness (QED) is 0.399. The van der Waals surface area contributed by atoms with Crippen LogP contribution in [0.15, 0.2) is 24.3 Å². The highest BCUT2D eigenvalue weighted by Gasteiger charge is 2.28. The van der Waals surface area contributed by atoms with Gasteiger partial charge in [-0.2, -0.15) is 0 Å². The Hall–Kier alpha value is -2.04.